The highest BCUT2D eigenvalue weighted by atomic mass is 35.5. The number of benzene rings is 2. The van der Waals surface area contributed by atoms with E-state index in [1.165, 1.54) is 10.9 Å². The van der Waals surface area contributed by atoms with Crippen LogP contribution in [-0.2, 0) is 10.0 Å². The van der Waals surface area contributed by atoms with Crippen molar-refractivity contribution < 1.29 is 8.42 Å². The van der Waals surface area contributed by atoms with Crippen LogP contribution in [0.4, 0.5) is 5.69 Å². The number of para-hydroxylation sites is 1. The summed E-state index contributed by atoms with van der Waals surface area (Å²) in [6, 6.07) is 15.5. The predicted molar refractivity (Wildman–Crippen MR) is 106 cm³/mol. The second-order valence-corrected chi connectivity index (χ2v) is 9.14. The Morgan fingerprint density at radius 3 is 2.65 bits per heavy atom. The molecule has 0 aliphatic heterocycles. The molecule has 4 rings (SSSR count). The van der Waals surface area contributed by atoms with E-state index >= 15 is 0 Å². The first kappa shape index (κ1) is 17.1. The minimum atomic E-state index is -3.76. The highest BCUT2D eigenvalue weighted by molar-refractivity contribution is 7.92. The number of aromatic amines is 1. The van der Waals surface area contributed by atoms with E-state index in [0.717, 1.165) is 10.7 Å². The van der Waals surface area contributed by atoms with Gasteiger partial charge in [0.2, 0.25) is 0 Å². The predicted octanol–water partition coefficient (Wildman–Crippen LogP) is 5.05. The summed E-state index contributed by atoms with van der Waals surface area (Å²) in [5, 5.41) is 0.342. The van der Waals surface area contributed by atoms with Gasteiger partial charge in [0.1, 0.15) is 5.82 Å². The molecule has 2 heterocycles. The van der Waals surface area contributed by atoms with Gasteiger partial charge in [-0.3, -0.25) is 4.72 Å². The van der Waals surface area contributed by atoms with Crippen LogP contribution in [0.25, 0.3) is 21.7 Å². The van der Waals surface area contributed by atoms with Gasteiger partial charge in [0.25, 0.3) is 10.0 Å². The third-order valence-corrected chi connectivity index (χ3v) is 6.56. The van der Waals surface area contributed by atoms with Gasteiger partial charge >= 0.3 is 0 Å². The summed E-state index contributed by atoms with van der Waals surface area (Å²) >= 11 is 7.67. The van der Waals surface area contributed by atoms with Crippen molar-refractivity contribution in [2.45, 2.75) is 11.8 Å². The fourth-order valence-corrected chi connectivity index (χ4v) is 4.74. The van der Waals surface area contributed by atoms with Crippen molar-refractivity contribution in [1.82, 2.24) is 9.97 Å². The third kappa shape index (κ3) is 3.21. The molecule has 4 aromatic rings. The van der Waals surface area contributed by atoms with Gasteiger partial charge in [-0.2, -0.15) is 0 Å². The Morgan fingerprint density at radius 1 is 1.12 bits per heavy atom. The van der Waals surface area contributed by atoms with Gasteiger partial charge in [-0.1, -0.05) is 23.7 Å². The Kier molecular flexibility index (Phi) is 4.22. The summed E-state index contributed by atoms with van der Waals surface area (Å²) < 4.78 is 27.9. The fraction of sp³-hybridized carbons (Fsp3) is 0.0556. The van der Waals surface area contributed by atoms with Crippen molar-refractivity contribution in [3.05, 3.63) is 64.5 Å². The number of aryl methyl sites for hydroxylation is 1. The number of rotatable bonds is 4. The highest BCUT2D eigenvalue weighted by Crippen LogP contribution is 2.29. The van der Waals surface area contributed by atoms with E-state index in [9.17, 15) is 8.42 Å². The highest BCUT2D eigenvalue weighted by Gasteiger charge is 2.17. The molecule has 0 saturated carbocycles. The second kappa shape index (κ2) is 6.42. The zero-order valence-electron chi connectivity index (χ0n) is 13.7. The minimum Gasteiger partial charge on any atom is -0.337 e. The van der Waals surface area contributed by atoms with Crippen LogP contribution >= 0.6 is 22.9 Å². The largest absolute Gasteiger partial charge is 0.337 e. The maximum atomic E-state index is 12.7. The molecule has 0 fully saturated rings. The van der Waals surface area contributed by atoms with Crippen LogP contribution in [0.5, 0.6) is 0 Å². The quantitative estimate of drug-likeness (QED) is 0.500. The maximum absolute atomic E-state index is 12.7. The molecule has 0 bridgehead atoms. The van der Waals surface area contributed by atoms with Gasteiger partial charge in [-0.05, 0) is 49.4 Å². The zero-order chi connectivity index (χ0) is 18.3. The standard InChI is InChI=1S/C18H14ClN3O2S2/c1-11-6-9-17(25-11)18-20-15-8-7-12(10-16(15)21-18)26(23,24)22-14-5-3-2-4-13(14)19/h2-10,22H,1H3,(H,20,21). The summed E-state index contributed by atoms with van der Waals surface area (Å²) in [4.78, 5) is 10.1. The molecule has 2 N–H and O–H groups in total. The molecule has 0 amide bonds. The minimum absolute atomic E-state index is 0.141. The Labute approximate surface area is 159 Å². The number of sulfonamides is 1. The fourth-order valence-electron chi connectivity index (χ4n) is 2.58. The van der Waals surface area contributed by atoms with Crippen molar-refractivity contribution in [2.75, 3.05) is 4.72 Å². The Hall–Kier alpha value is -2.35. The van der Waals surface area contributed by atoms with Crippen molar-refractivity contribution in [3.63, 3.8) is 0 Å². The second-order valence-electron chi connectivity index (χ2n) is 5.76. The molecular formula is C18H14ClN3O2S2. The number of nitrogens with one attached hydrogen (secondary N) is 2. The van der Waals surface area contributed by atoms with Gasteiger partial charge in [-0.15, -0.1) is 11.3 Å². The number of anilines is 1. The number of H-pyrrole nitrogens is 1. The lowest BCUT2D eigenvalue weighted by Gasteiger charge is -2.09. The monoisotopic (exact) mass is 403 g/mol. The lowest BCUT2D eigenvalue weighted by atomic mass is 10.3. The van der Waals surface area contributed by atoms with E-state index in [2.05, 4.69) is 14.7 Å². The smallest absolute Gasteiger partial charge is 0.262 e. The molecular weight excluding hydrogens is 390 g/mol. The molecule has 8 heteroatoms. The van der Waals surface area contributed by atoms with Gasteiger partial charge in [-0.25, -0.2) is 13.4 Å². The van der Waals surface area contributed by atoms with Gasteiger partial charge in [0, 0.05) is 4.88 Å². The first-order valence-corrected chi connectivity index (χ1v) is 10.4. The van der Waals surface area contributed by atoms with Gasteiger partial charge < -0.3 is 4.98 Å². The van der Waals surface area contributed by atoms with Crippen molar-refractivity contribution >= 4 is 49.7 Å². The number of imidazole rings is 1. The number of aromatic nitrogens is 2. The first-order valence-electron chi connectivity index (χ1n) is 7.76. The van der Waals surface area contributed by atoms with Crippen LogP contribution in [0.15, 0.2) is 59.5 Å². The van der Waals surface area contributed by atoms with Crippen molar-refractivity contribution in [1.29, 1.82) is 0 Å². The molecule has 0 unspecified atom stereocenters. The average Bonchev–Trinajstić information content (AvgIpc) is 3.22. The SMILES string of the molecule is Cc1ccc(-c2nc3ccc(S(=O)(=O)Nc4ccccc4Cl)cc3[nH]2)s1. The van der Waals surface area contributed by atoms with Gasteiger partial charge in [0.15, 0.2) is 0 Å². The molecule has 2 aromatic carbocycles. The normalized spacial score (nSPS) is 11.8. The summed E-state index contributed by atoms with van der Waals surface area (Å²) in [6.45, 7) is 2.03. The van der Waals surface area contributed by atoms with Crippen LogP contribution in [0, 0.1) is 6.92 Å². The van der Waals surface area contributed by atoms with E-state index in [4.69, 9.17) is 11.6 Å². The topological polar surface area (TPSA) is 74.8 Å². The molecule has 5 nitrogen and oxygen atoms in total. The van der Waals surface area contributed by atoms with Crippen molar-refractivity contribution in [2.24, 2.45) is 0 Å². The number of thiophene rings is 1. The molecule has 0 saturated heterocycles. The van der Waals surface area contributed by atoms with E-state index in [1.54, 1.807) is 47.7 Å². The maximum Gasteiger partial charge on any atom is 0.262 e. The molecule has 2 aromatic heterocycles. The van der Waals surface area contributed by atoms with E-state index < -0.39 is 10.0 Å². The number of hydrogen-bond donors (Lipinski definition) is 2. The summed E-state index contributed by atoms with van der Waals surface area (Å²) in [5.74, 6) is 0.728. The average molecular weight is 404 g/mol. The summed E-state index contributed by atoms with van der Waals surface area (Å²) in [5.41, 5.74) is 1.71. The molecule has 0 spiro atoms. The van der Waals surface area contributed by atoms with Crippen molar-refractivity contribution in [3.8, 4) is 10.7 Å². The lowest BCUT2D eigenvalue weighted by molar-refractivity contribution is 0.601. The van der Waals surface area contributed by atoms with Crippen LogP contribution in [0.3, 0.4) is 0 Å². The Balaban J connectivity index is 1.71. The van der Waals surface area contributed by atoms with Gasteiger partial charge in [0.05, 0.1) is 31.5 Å². The first-order chi connectivity index (χ1) is 12.4. The third-order valence-electron chi connectivity index (χ3n) is 3.86. The number of fused-ring (bicyclic) bond motifs is 1. The van der Waals surface area contributed by atoms with Crippen LogP contribution < -0.4 is 4.72 Å². The van der Waals surface area contributed by atoms with Crippen LogP contribution in [0.1, 0.15) is 4.88 Å². The van der Waals surface area contributed by atoms with E-state index in [-0.39, 0.29) is 4.90 Å². The Bertz CT molecular complexity index is 1210. The van der Waals surface area contributed by atoms with Crippen LogP contribution in [-0.4, -0.2) is 18.4 Å². The summed E-state index contributed by atoms with van der Waals surface area (Å²) in [6.07, 6.45) is 0. The lowest BCUT2D eigenvalue weighted by Crippen LogP contribution is -2.13. The zero-order valence-corrected chi connectivity index (χ0v) is 16.0. The number of hydrogen-bond acceptors (Lipinski definition) is 4. The van der Waals surface area contributed by atoms with E-state index in [1.807, 2.05) is 19.1 Å². The Morgan fingerprint density at radius 2 is 1.92 bits per heavy atom. The molecule has 0 aliphatic rings. The molecule has 0 aliphatic carbocycles. The molecule has 26 heavy (non-hydrogen) atoms. The molecule has 0 radical (unpaired) electrons. The van der Waals surface area contributed by atoms with E-state index in [0.29, 0.717) is 21.7 Å². The molecule has 0 atom stereocenters. The summed E-state index contributed by atoms with van der Waals surface area (Å²) in [7, 11) is -3.76. The van der Waals surface area contributed by atoms with Crippen LogP contribution in [0.2, 0.25) is 5.02 Å². The number of nitrogens with zero attached hydrogens (tertiary/aromatic N) is 1. The molecule has 132 valence electrons. The number of halogens is 1.